The van der Waals surface area contributed by atoms with Crippen LogP contribution in [0.4, 0.5) is 0 Å². The first kappa shape index (κ1) is 14.1. The van der Waals surface area contributed by atoms with Gasteiger partial charge < -0.3 is 10.3 Å². The van der Waals surface area contributed by atoms with Crippen LogP contribution >= 0.6 is 27.7 Å². The van der Waals surface area contributed by atoms with Crippen LogP contribution in [0, 0.1) is 0 Å². The van der Waals surface area contributed by atoms with Crippen molar-refractivity contribution in [3.8, 4) is 0 Å². The zero-order valence-corrected chi connectivity index (χ0v) is 13.4. The van der Waals surface area contributed by atoms with Gasteiger partial charge in [-0.3, -0.25) is 0 Å². The van der Waals surface area contributed by atoms with E-state index < -0.39 is 0 Å². The summed E-state index contributed by atoms with van der Waals surface area (Å²) in [6.07, 6.45) is 3.31. The average Bonchev–Trinajstić information content (AvgIpc) is 2.86. The fourth-order valence-electron chi connectivity index (χ4n) is 2.34. The minimum Gasteiger partial charge on any atom is -0.339 e. The van der Waals surface area contributed by atoms with Crippen LogP contribution in [0.15, 0.2) is 38.2 Å². The summed E-state index contributed by atoms with van der Waals surface area (Å²) in [4.78, 5) is 5.70. The molecule has 0 amide bonds. The SMILES string of the molecule is NCC1(c2nc(CSc3ccccc3Br)no2)CCC1. The Kier molecular flexibility index (Phi) is 4.14. The summed E-state index contributed by atoms with van der Waals surface area (Å²) in [6.45, 7) is 0.589. The van der Waals surface area contributed by atoms with E-state index in [9.17, 15) is 0 Å². The second kappa shape index (κ2) is 5.87. The Hall–Kier alpha value is -0.850. The average molecular weight is 354 g/mol. The van der Waals surface area contributed by atoms with Crippen molar-refractivity contribution in [3.05, 3.63) is 40.5 Å². The van der Waals surface area contributed by atoms with Crippen molar-refractivity contribution in [2.45, 2.75) is 35.3 Å². The van der Waals surface area contributed by atoms with Crippen molar-refractivity contribution in [2.24, 2.45) is 5.73 Å². The Balaban J connectivity index is 1.67. The summed E-state index contributed by atoms with van der Waals surface area (Å²) in [6, 6.07) is 8.12. The van der Waals surface area contributed by atoms with Crippen LogP contribution in [0.5, 0.6) is 0 Å². The van der Waals surface area contributed by atoms with Gasteiger partial charge in [-0.15, -0.1) is 11.8 Å². The molecule has 2 N–H and O–H groups in total. The molecule has 1 aliphatic carbocycles. The molecule has 0 radical (unpaired) electrons. The molecule has 1 aromatic heterocycles. The number of halogens is 1. The molecule has 106 valence electrons. The van der Waals surface area contributed by atoms with Gasteiger partial charge in [0.15, 0.2) is 5.82 Å². The van der Waals surface area contributed by atoms with Gasteiger partial charge in [0.2, 0.25) is 5.89 Å². The van der Waals surface area contributed by atoms with E-state index in [0.29, 0.717) is 18.2 Å². The predicted octanol–water partition coefficient (Wildman–Crippen LogP) is 3.50. The van der Waals surface area contributed by atoms with Crippen molar-refractivity contribution < 1.29 is 4.52 Å². The van der Waals surface area contributed by atoms with E-state index >= 15 is 0 Å². The molecule has 6 heteroatoms. The smallest absolute Gasteiger partial charge is 0.234 e. The van der Waals surface area contributed by atoms with Crippen molar-refractivity contribution in [1.29, 1.82) is 0 Å². The second-order valence-corrected chi connectivity index (χ2v) is 6.94. The minimum absolute atomic E-state index is 0.0523. The Bertz CT molecular complexity index is 592. The summed E-state index contributed by atoms with van der Waals surface area (Å²) in [5.74, 6) is 2.15. The highest BCUT2D eigenvalue weighted by Crippen LogP contribution is 2.42. The van der Waals surface area contributed by atoms with E-state index in [4.69, 9.17) is 10.3 Å². The van der Waals surface area contributed by atoms with Crippen LogP contribution in [0.1, 0.15) is 31.0 Å². The third-order valence-corrected chi connectivity index (χ3v) is 5.84. The fourth-order valence-corrected chi connectivity index (χ4v) is 3.75. The highest BCUT2D eigenvalue weighted by molar-refractivity contribution is 9.10. The maximum absolute atomic E-state index is 5.86. The molecule has 1 aromatic carbocycles. The lowest BCUT2D eigenvalue weighted by Crippen LogP contribution is -2.41. The van der Waals surface area contributed by atoms with E-state index in [1.807, 2.05) is 18.2 Å². The van der Waals surface area contributed by atoms with Crippen LogP contribution < -0.4 is 5.73 Å². The molecule has 4 nitrogen and oxygen atoms in total. The molecule has 0 bridgehead atoms. The first-order valence-corrected chi connectivity index (χ1v) is 8.42. The van der Waals surface area contributed by atoms with Gasteiger partial charge in [-0.2, -0.15) is 4.98 Å². The quantitative estimate of drug-likeness (QED) is 0.833. The van der Waals surface area contributed by atoms with Crippen LogP contribution in [0.25, 0.3) is 0 Å². The minimum atomic E-state index is -0.0523. The number of rotatable bonds is 5. The molecule has 0 saturated heterocycles. The van der Waals surface area contributed by atoms with E-state index in [-0.39, 0.29) is 5.41 Å². The van der Waals surface area contributed by atoms with Gasteiger partial charge in [-0.1, -0.05) is 23.7 Å². The van der Waals surface area contributed by atoms with Crippen molar-refractivity contribution >= 4 is 27.7 Å². The molecule has 3 rings (SSSR count). The van der Waals surface area contributed by atoms with Gasteiger partial charge in [-0.25, -0.2) is 0 Å². The monoisotopic (exact) mass is 353 g/mol. The van der Waals surface area contributed by atoms with Crippen LogP contribution in [0.3, 0.4) is 0 Å². The maximum atomic E-state index is 5.86. The summed E-state index contributed by atoms with van der Waals surface area (Å²) in [5.41, 5.74) is 5.80. The van der Waals surface area contributed by atoms with Gasteiger partial charge >= 0.3 is 0 Å². The van der Waals surface area contributed by atoms with Crippen LogP contribution in [0.2, 0.25) is 0 Å². The molecule has 0 atom stereocenters. The van der Waals surface area contributed by atoms with Crippen LogP contribution in [-0.2, 0) is 11.2 Å². The third-order valence-electron chi connectivity index (χ3n) is 3.82. The molecule has 20 heavy (non-hydrogen) atoms. The fraction of sp³-hybridized carbons (Fsp3) is 0.429. The molecule has 1 heterocycles. The standard InChI is InChI=1S/C14H16BrN3OS/c15-10-4-1-2-5-11(10)20-8-12-17-13(19-18-12)14(9-16)6-3-7-14/h1-2,4-5H,3,6-9,16H2. The van der Waals surface area contributed by atoms with E-state index in [0.717, 1.165) is 23.1 Å². The summed E-state index contributed by atoms with van der Waals surface area (Å²) in [5, 5.41) is 4.08. The second-order valence-electron chi connectivity index (χ2n) is 5.07. The number of nitrogens with zero attached hydrogens (tertiary/aromatic N) is 2. The van der Waals surface area contributed by atoms with Crippen molar-refractivity contribution in [3.63, 3.8) is 0 Å². The number of nitrogens with two attached hydrogens (primary N) is 1. The normalized spacial score (nSPS) is 16.9. The molecule has 1 fully saturated rings. The first-order valence-electron chi connectivity index (χ1n) is 6.64. The Morgan fingerprint density at radius 2 is 2.15 bits per heavy atom. The largest absolute Gasteiger partial charge is 0.339 e. The Morgan fingerprint density at radius 1 is 1.35 bits per heavy atom. The third kappa shape index (κ3) is 2.64. The molecule has 0 unspecified atom stereocenters. The van der Waals surface area contributed by atoms with Gasteiger partial charge in [-0.05, 0) is 40.9 Å². The number of benzene rings is 1. The molecular weight excluding hydrogens is 338 g/mol. The van der Waals surface area contributed by atoms with Gasteiger partial charge in [0.05, 0.1) is 11.2 Å². The number of hydrogen-bond donors (Lipinski definition) is 1. The van der Waals surface area contributed by atoms with E-state index in [1.165, 1.54) is 11.3 Å². The molecule has 2 aromatic rings. The maximum Gasteiger partial charge on any atom is 0.234 e. The summed E-state index contributed by atoms with van der Waals surface area (Å²) >= 11 is 5.23. The molecule has 1 aliphatic rings. The lowest BCUT2D eigenvalue weighted by atomic mass is 9.69. The number of aromatic nitrogens is 2. The molecule has 0 spiro atoms. The lowest BCUT2D eigenvalue weighted by molar-refractivity contribution is 0.181. The Labute approximate surface area is 130 Å². The lowest BCUT2D eigenvalue weighted by Gasteiger charge is -2.36. The topological polar surface area (TPSA) is 64.9 Å². The molecular formula is C14H16BrN3OS. The van der Waals surface area contributed by atoms with E-state index in [2.05, 4.69) is 32.1 Å². The number of thioether (sulfide) groups is 1. The van der Waals surface area contributed by atoms with Gasteiger partial charge in [0.25, 0.3) is 0 Å². The Morgan fingerprint density at radius 3 is 2.80 bits per heavy atom. The summed E-state index contributed by atoms with van der Waals surface area (Å²) < 4.78 is 6.50. The molecule has 1 saturated carbocycles. The zero-order chi connectivity index (χ0) is 14.0. The van der Waals surface area contributed by atoms with Gasteiger partial charge in [0, 0.05) is 15.9 Å². The highest BCUT2D eigenvalue weighted by Gasteiger charge is 2.42. The highest BCUT2D eigenvalue weighted by atomic mass is 79.9. The van der Waals surface area contributed by atoms with Crippen LogP contribution in [-0.4, -0.2) is 16.7 Å². The van der Waals surface area contributed by atoms with Crippen molar-refractivity contribution in [1.82, 2.24) is 10.1 Å². The predicted molar refractivity (Wildman–Crippen MR) is 82.6 cm³/mol. The number of hydrogen-bond acceptors (Lipinski definition) is 5. The van der Waals surface area contributed by atoms with Crippen molar-refractivity contribution in [2.75, 3.05) is 6.54 Å². The first-order chi connectivity index (χ1) is 9.73. The zero-order valence-electron chi connectivity index (χ0n) is 11.0. The summed E-state index contributed by atoms with van der Waals surface area (Å²) in [7, 11) is 0. The molecule has 0 aliphatic heterocycles. The van der Waals surface area contributed by atoms with E-state index in [1.54, 1.807) is 11.8 Å². The van der Waals surface area contributed by atoms with Gasteiger partial charge in [0.1, 0.15) is 0 Å².